The van der Waals surface area contributed by atoms with Crippen LogP contribution in [0.25, 0.3) is 11.1 Å². The number of methoxy groups -OCH3 is 1. The number of pyridine rings is 1. The fourth-order valence-corrected chi connectivity index (χ4v) is 5.87. The average Bonchev–Trinajstić information content (AvgIpc) is 2.86. The van der Waals surface area contributed by atoms with Crippen LogP contribution in [0.15, 0.2) is 72.9 Å². The van der Waals surface area contributed by atoms with Crippen LogP contribution in [0.3, 0.4) is 0 Å². The van der Waals surface area contributed by atoms with Crippen molar-refractivity contribution in [2.45, 2.75) is 44.2 Å². The molecule has 1 amide bonds. The quantitative estimate of drug-likeness (QED) is 0.525. The third kappa shape index (κ3) is 5.02. The van der Waals surface area contributed by atoms with Crippen molar-refractivity contribution >= 4 is 5.91 Å². The van der Waals surface area contributed by atoms with Gasteiger partial charge in [-0.3, -0.25) is 14.7 Å². The van der Waals surface area contributed by atoms with E-state index >= 15 is 0 Å². The van der Waals surface area contributed by atoms with E-state index in [1.807, 2.05) is 18.2 Å². The minimum atomic E-state index is 0.175. The topological polar surface area (TPSA) is 45.7 Å². The van der Waals surface area contributed by atoms with Crippen LogP contribution >= 0.6 is 0 Å². The van der Waals surface area contributed by atoms with Crippen molar-refractivity contribution in [3.63, 3.8) is 0 Å². The Morgan fingerprint density at radius 1 is 1.00 bits per heavy atom. The van der Waals surface area contributed by atoms with Gasteiger partial charge < -0.3 is 9.64 Å². The van der Waals surface area contributed by atoms with Crippen LogP contribution in [0.5, 0.6) is 0 Å². The van der Waals surface area contributed by atoms with E-state index < -0.39 is 0 Å². The lowest BCUT2D eigenvalue weighted by atomic mass is 9.74. The first-order valence-electron chi connectivity index (χ1n) is 12.7. The molecule has 5 rings (SSSR count). The zero-order chi connectivity index (χ0) is 24.2. The van der Waals surface area contributed by atoms with Gasteiger partial charge >= 0.3 is 0 Å². The normalized spacial score (nSPS) is 22.6. The molecular weight excluding hydrogens is 434 g/mol. The van der Waals surface area contributed by atoms with Gasteiger partial charge in [-0.1, -0.05) is 54.6 Å². The fraction of sp³-hybridized carbons (Fsp3) is 0.400. The molecule has 1 aromatic heterocycles. The number of benzene rings is 2. The molecule has 0 bridgehead atoms. The summed E-state index contributed by atoms with van der Waals surface area (Å²) in [5.74, 6) is 0.526. The Morgan fingerprint density at radius 3 is 2.51 bits per heavy atom. The number of amides is 1. The molecule has 182 valence electrons. The first kappa shape index (κ1) is 23.7. The summed E-state index contributed by atoms with van der Waals surface area (Å²) in [6.45, 7) is 5.52. The van der Waals surface area contributed by atoms with E-state index in [2.05, 4.69) is 70.2 Å². The molecule has 3 atom stereocenters. The number of carbonyl (C=O) groups is 1. The molecule has 0 N–H and O–H groups in total. The lowest BCUT2D eigenvalue weighted by Gasteiger charge is -2.57. The Bertz CT molecular complexity index is 1130. The maximum absolute atomic E-state index is 13.2. The molecule has 3 aromatic rings. The van der Waals surface area contributed by atoms with E-state index in [4.69, 9.17) is 4.74 Å². The first-order chi connectivity index (χ1) is 17.2. The summed E-state index contributed by atoms with van der Waals surface area (Å²) >= 11 is 0. The van der Waals surface area contributed by atoms with Crippen LogP contribution in [0.4, 0.5) is 0 Å². The number of aryl methyl sites for hydroxylation is 1. The summed E-state index contributed by atoms with van der Waals surface area (Å²) in [4.78, 5) is 22.2. The van der Waals surface area contributed by atoms with E-state index in [-0.39, 0.29) is 5.91 Å². The minimum Gasteiger partial charge on any atom is -0.383 e. The second-order valence-corrected chi connectivity index (χ2v) is 9.84. The molecule has 2 aromatic carbocycles. The highest BCUT2D eigenvalue weighted by molar-refractivity contribution is 5.78. The van der Waals surface area contributed by atoms with Crippen molar-refractivity contribution in [1.29, 1.82) is 0 Å². The molecule has 2 saturated heterocycles. The minimum absolute atomic E-state index is 0.175. The van der Waals surface area contributed by atoms with Crippen molar-refractivity contribution < 1.29 is 9.53 Å². The summed E-state index contributed by atoms with van der Waals surface area (Å²) in [5.41, 5.74) is 5.99. The average molecular weight is 470 g/mol. The van der Waals surface area contributed by atoms with Crippen LogP contribution in [0, 0.1) is 6.92 Å². The van der Waals surface area contributed by atoms with Crippen molar-refractivity contribution in [3.05, 3.63) is 89.7 Å². The van der Waals surface area contributed by atoms with Gasteiger partial charge in [0.25, 0.3) is 0 Å². The van der Waals surface area contributed by atoms with E-state index in [1.54, 1.807) is 13.3 Å². The van der Waals surface area contributed by atoms with Crippen LogP contribution in [-0.4, -0.2) is 66.1 Å². The number of rotatable bonds is 6. The molecule has 2 fully saturated rings. The molecule has 2 aliphatic rings. The number of fused-ring (bicyclic) bond motifs is 1. The monoisotopic (exact) mass is 469 g/mol. The van der Waals surface area contributed by atoms with Gasteiger partial charge in [-0.05, 0) is 60.7 Å². The zero-order valence-electron chi connectivity index (χ0n) is 20.8. The summed E-state index contributed by atoms with van der Waals surface area (Å²) in [6.07, 6.45) is 4.26. The van der Waals surface area contributed by atoms with E-state index in [1.165, 1.54) is 22.3 Å². The van der Waals surface area contributed by atoms with E-state index in [0.29, 0.717) is 31.0 Å². The van der Waals surface area contributed by atoms with Crippen LogP contribution in [0.1, 0.15) is 35.6 Å². The third-order valence-electron chi connectivity index (χ3n) is 7.68. The Hall–Kier alpha value is -3.02. The Morgan fingerprint density at radius 2 is 1.77 bits per heavy atom. The second-order valence-electron chi connectivity index (χ2n) is 9.84. The van der Waals surface area contributed by atoms with Crippen molar-refractivity contribution in [1.82, 2.24) is 14.8 Å². The summed E-state index contributed by atoms with van der Waals surface area (Å²) in [7, 11) is 1.79. The van der Waals surface area contributed by atoms with Gasteiger partial charge in [-0.25, -0.2) is 0 Å². The summed E-state index contributed by atoms with van der Waals surface area (Å²) < 4.78 is 5.65. The standard InChI is InChI=1S/C30H35N3O2/c1-22-9-3-4-11-26(22)23-12-14-24(15-13-23)30-27-20-32(29(34)19-25-10-5-6-16-31-25)17-7-8-18-33(27)28(30)21-35-2/h3-6,9-16,27-28,30H,7-8,17-21H2,1-2H3/t27-,28+,30-/m0/s1. The lowest BCUT2D eigenvalue weighted by molar-refractivity contribution is -0.136. The molecule has 0 saturated carbocycles. The van der Waals surface area contributed by atoms with Crippen LogP contribution < -0.4 is 0 Å². The molecule has 0 radical (unpaired) electrons. The lowest BCUT2D eigenvalue weighted by Crippen LogP contribution is -2.68. The number of carbonyl (C=O) groups excluding carboxylic acids is 1. The van der Waals surface area contributed by atoms with Crippen molar-refractivity contribution in [3.8, 4) is 11.1 Å². The van der Waals surface area contributed by atoms with Crippen molar-refractivity contribution in [2.24, 2.45) is 0 Å². The number of nitrogens with zero attached hydrogens (tertiary/aromatic N) is 3. The number of aromatic nitrogens is 1. The summed E-state index contributed by atoms with van der Waals surface area (Å²) in [6, 6.07) is 24.0. The number of hydrogen-bond acceptors (Lipinski definition) is 4. The van der Waals surface area contributed by atoms with Gasteiger partial charge in [0.2, 0.25) is 5.91 Å². The molecule has 5 nitrogen and oxygen atoms in total. The molecule has 3 heterocycles. The second kappa shape index (κ2) is 10.7. The maximum atomic E-state index is 13.2. The van der Waals surface area contributed by atoms with Gasteiger partial charge in [0.1, 0.15) is 0 Å². The third-order valence-corrected chi connectivity index (χ3v) is 7.68. The maximum Gasteiger partial charge on any atom is 0.228 e. The molecule has 0 unspecified atom stereocenters. The highest BCUT2D eigenvalue weighted by atomic mass is 16.5. The number of ether oxygens (including phenoxy) is 1. The predicted octanol–water partition coefficient (Wildman–Crippen LogP) is 4.70. The van der Waals surface area contributed by atoms with Crippen LogP contribution in [-0.2, 0) is 16.0 Å². The molecule has 0 spiro atoms. The Labute approximate surface area is 208 Å². The highest BCUT2D eigenvalue weighted by Crippen LogP contribution is 2.42. The van der Waals surface area contributed by atoms with Gasteiger partial charge in [0.05, 0.1) is 13.0 Å². The molecule has 5 heteroatoms. The van der Waals surface area contributed by atoms with Gasteiger partial charge in [0.15, 0.2) is 0 Å². The van der Waals surface area contributed by atoms with Crippen molar-refractivity contribution in [2.75, 3.05) is 33.4 Å². The smallest absolute Gasteiger partial charge is 0.228 e. The largest absolute Gasteiger partial charge is 0.383 e. The van der Waals surface area contributed by atoms with Gasteiger partial charge in [0, 0.05) is 50.1 Å². The molecule has 0 aliphatic carbocycles. The molecular formula is C30H35N3O2. The first-order valence-corrected chi connectivity index (χ1v) is 12.7. The molecule has 35 heavy (non-hydrogen) atoms. The zero-order valence-corrected chi connectivity index (χ0v) is 20.8. The van der Waals surface area contributed by atoms with E-state index in [0.717, 1.165) is 38.2 Å². The Balaban J connectivity index is 1.37. The SMILES string of the molecule is COC[C@@H]1[C@@H](c2ccc(-c3ccccc3C)cc2)[C@@H]2CN(C(=O)Cc3ccccn3)CCCCN12. The Kier molecular flexibility index (Phi) is 7.26. The fourth-order valence-electron chi connectivity index (χ4n) is 5.87. The highest BCUT2D eigenvalue weighted by Gasteiger charge is 2.49. The molecule has 2 aliphatic heterocycles. The van der Waals surface area contributed by atoms with E-state index in [9.17, 15) is 4.79 Å². The van der Waals surface area contributed by atoms with Gasteiger partial charge in [-0.15, -0.1) is 0 Å². The number of hydrogen-bond donors (Lipinski definition) is 0. The predicted molar refractivity (Wildman–Crippen MR) is 139 cm³/mol. The van der Waals surface area contributed by atoms with Gasteiger partial charge in [-0.2, -0.15) is 0 Å². The summed E-state index contributed by atoms with van der Waals surface area (Å²) in [5, 5.41) is 0. The van der Waals surface area contributed by atoms with Crippen LogP contribution in [0.2, 0.25) is 0 Å².